The second-order valence-corrected chi connectivity index (χ2v) is 5.31. The van der Waals surface area contributed by atoms with Gasteiger partial charge >= 0.3 is 0 Å². The van der Waals surface area contributed by atoms with Gasteiger partial charge in [0.1, 0.15) is 5.82 Å². The maximum atomic E-state index is 13.7. The zero-order valence-electron chi connectivity index (χ0n) is 10.7. The first-order valence-corrected chi connectivity index (χ1v) is 6.55. The number of nitrogens with zero attached hydrogens (tertiary/aromatic N) is 1. The van der Waals surface area contributed by atoms with Crippen LogP contribution in [0.15, 0.2) is 46.9 Å². The molecule has 2 aromatic carbocycles. The highest BCUT2D eigenvalue weighted by atomic mass is 79.9. The molecule has 0 unspecified atom stereocenters. The Hall–Kier alpha value is -1.68. The highest BCUT2D eigenvalue weighted by molar-refractivity contribution is 9.10. The largest absolute Gasteiger partial charge is 0.378 e. The van der Waals surface area contributed by atoms with E-state index in [9.17, 15) is 9.18 Å². The van der Waals surface area contributed by atoms with Gasteiger partial charge in [-0.2, -0.15) is 0 Å². The van der Waals surface area contributed by atoms with Crippen molar-refractivity contribution in [3.05, 3.63) is 63.9 Å². The maximum Gasteiger partial charge on any atom is 0.196 e. The lowest BCUT2D eigenvalue weighted by Gasteiger charge is -2.13. The molecule has 2 nitrogen and oxygen atoms in total. The van der Waals surface area contributed by atoms with Crippen molar-refractivity contribution in [1.29, 1.82) is 0 Å². The van der Waals surface area contributed by atoms with Gasteiger partial charge in [0.05, 0.1) is 5.56 Å². The average Bonchev–Trinajstić information content (AvgIpc) is 2.41. The van der Waals surface area contributed by atoms with Gasteiger partial charge in [-0.05, 0) is 30.3 Å². The van der Waals surface area contributed by atoms with Crippen LogP contribution in [0.1, 0.15) is 15.9 Å². The molecule has 4 heteroatoms. The van der Waals surface area contributed by atoms with Gasteiger partial charge in [0.25, 0.3) is 0 Å². The third-order valence-electron chi connectivity index (χ3n) is 2.80. The van der Waals surface area contributed by atoms with Crippen molar-refractivity contribution < 1.29 is 9.18 Å². The summed E-state index contributed by atoms with van der Waals surface area (Å²) in [5, 5.41) is 0. The summed E-state index contributed by atoms with van der Waals surface area (Å²) in [4.78, 5) is 14.2. The van der Waals surface area contributed by atoms with Crippen LogP contribution in [0.3, 0.4) is 0 Å². The Morgan fingerprint density at radius 3 is 2.58 bits per heavy atom. The van der Waals surface area contributed by atoms with Gasteiger partial charge in [0, 0.05) is 29.8 Å². The lowest BCUT2D eigenvalue weighted by atomic mass is 10.0. The summed E-state index contributed by atoms with van der Waals surface area (Å²) >= 11 is 3.25. The van der Waals surface area contributed by atoms with Crippen LogP contribution in [0.5, 0.6) is 0 Å². The molecule has 0 radical (unpaired) electrons. The van der Waals surface area contributed by atoms with Gasteiger partial charge in [-0.15, -0.1) is 0 Å². The lowest BCUT2D eigenvalue weighted by molar-refractivity contribution is 0.103. The number of hydrogen-bond donors (Lipinski definition) is 0. The zero-order chi connectivity index (χ0) is 14.0. The van der Waals surface area contributed by atoms with Crippen LogP contribution in [0.2, 0.25) is 0 Å². The van der Waals surface area contributed by atoms with Crippen LogP contribution < -0.4 is 4.90 Å². The number of halogens is 2. The number of anilines is 1. The summed E-state index contributed by atoms with van der Waals surface area (Å²) in [7, 11) is 3.78. The van der Waals surface area contributed by atoms with E-state index in [1.165, 1.54) is 12.1 Å². The fourth-order valence-corrected chi connectivity index (χ4v) is 2.11. The molecular formula is C15H13BrFNO. The van der Waals surface area contributed by atoms with Crippen molar-refractivity contribution in [2.75, 3.05) is 19.0 Å². The number of rotatable bonds is 3. The van der Waals surface area contributed by atoms with E-state index < -0.39 is 5.82 Å². The van der Waals surface area contributed by atoms with Crippen LogP contribution in [-0.4, -0.2) is 19.9 Å². The highest BCUT2D eigenvalue weighted by Gasteiger charge is 2.15. The van der Waals surface area contributed by atoms with E-state index >= 15 is 0 Å². The predicted molar refractivity (Wildman–Crippen MR) is 78.3 cm³/mol. The van der Waals surface area contributed by atoms with Crippen LogP contribution >= 0.6 is 15.9 Å². The van der Waals surface area contributed by atoms with Crippen LogP contribution in [0, 0.1) is 5.82 Å². The molecule has 0 aliphatic heterocycles. The van der Waals surface area contributed by atoms with Gasteiger partial charge in [-0.3, -0.25) is 4.79 Å². The average molecular weight is 322 g/mol. The third kappa shape index (κ3) is 3.01. The summed E-state index contributed by atoms with van der Waals surface area (Å²) in [6, 6.07) is 11.5. The van der Waals surface area contributed by atoms with Crippen LogP contribution in [0.4, 0.5) is 10.1 Å². The second kappa shape index (κ2) is 5.53. The number of hydrogen-bond acceptors (Lipinski definition) is 2. The monoisotopic (exact) mass is 321 g/mol. The molecule has 2 aromatic rings. The predicted octanol–water partition coefficient (Wildman–Crippen LogP) is 3.89. The van der Waals surface area contributed by atoms with E-state index in [2.05, 4.69) is 15.9 Å². The minimum atomic E-state index is -0.511. The molecule has 0 spiro atoms. The Labute approximate surface area is 120 Å². The van der Waals surface area contributed by atoms with E-state index in [4.69, 9.17) is 0 Å². The lowest BCUT2D eigenvalue weighted by Crippen LogP contribution is -2.10. The van der Waals surface area contributed by atoms with Crippen molar-refractivity contribution in [2.45, 2.75) is 0 Å². The van der Waals surface area contributed by atoms with Gasteiger partial charge in [-0.25, -0.2) is 4.39 Å². The summed E-state index contributed by atoms with van der Waals surface area (Å²) in [6.07, 6.45) is 0. The molecular weight excluding hydrogens is 309 g/mol. The standard InChI is InChI=1S/C15H13BrFNO/c1-18(2)12-5-3-4-10(8-12)15(19)13-9-11(16)6-7-14(13)17/h3-9H,1-2H3. The molecule has 0 aromatic heterocycles. The number of carbonyl (C=O) groups is 1. The Bertz CT molecular complexity index is 625. The summed E-state index contributed by atoms with van der Waals surface area (Å²) in [5.74, 6) is -0.828. The number of carbonyl (C=O) groups excluding carboxylic acids is 1. The quantitative estimate of drug-likeness (QED) is 0.799. The molecule has 2 rings (SSSR count). The molecule has 0 fully saturated rings. The Balaban J connectivity index is 2.44. The Kier molecular flexibility index (Phi) is 4.00. The van der Waals surface area contributed by atoms with E-state index in [0.29, 0.717) is 10.0 Å². The summed E-state index contributed by atoms with van der Waals surface area (Å²) in [6.45, 7) is 0. The Morgan fingerprint density at radius 2 is 1.89 bits per heavy atom. The minimum absolute atomic E-state index is 0.0743. The molecule has 0 aliphatic carbocycles. The molecule has 0 bridgehead atoms. The number of ketones is 1. The van der Waals surface area contributed by atoms with E-state index in [1.54, 1.807) is 24.3 Å². The van der Waals surface area contributed by atoms with Crippen molar-refractivity contribution >= 4 is 27.4 Å². The molecule has 0 atom stereocenters. The van der Waals surface area contributed by atoms with Gasteiger partial charge in [0.15, 0.2) is 5.78 Å². The molecule has 0 saturated heterocycles. The normalized spacial score (nSPS) is 10.3. The molecule has 0 aliphatic rings. The van der Waals surface area contributed by atoms with Crippen molar-refractivity contribution in [3.63, 3.8) is 0 Å². The second-order valence-electron chi connectivity index (χ2n) is 4.40. The maximum absolute atomic E-state index is 13.7. The van der Waals surface area contributed by atoms with Crippen molar-refractivity contribution in [1.82, 2.24) is 0 Å². The molecule has 0 amide bonds. The van der Waals surface area contributed by atoms with Gasteiger partial charge < -0.3 is 4.90 Å². The SMILES string of the molecule is CN(C)c1cccc(C(=O)c2cc(Br)ccc2F)c1. The third-order valence-corrected chi connectivity index (χ3v) is 3.29. The Morgan fingerprint density at radius 1 is 1.16 bits per heavy atom. The summed E-state index contributed by atoms with van der Waals surface area (Å²) < 4.78 is 14.4. The molecule has 0 saturated carbocycles. The van der Waals surface area contributed by atoms with E-state index in [0.717, 1.165) is 5.69 Å². The molecule has 0 heterocycles. The molecule has 0 N–H and O–H groups in total. The fourth-order valence-electron chi connectivity index (χ4n) is 1.75. The van der Waals surface area contributed by atoms with Crippen LogP contribution in [0.25, 0.3) is 0 Å². The highest BCUT2D eigenvalue weighted by Crippen LogP contribution is 2.21. The number of benzene rings is 2. The van der Waals surface area contributed by atoms with Crippen LogP contribution in [-0.2, 0) is 0 Å². The minimum Gasteiger partial charge on any atom is -0.378 e. The first-order valence-electron chi connectivity index (χ1n) is 5.76. The first kappa shape index (κ1) is 13.7. The smallest absolute Gasteiger partial charge is 0.196 e. The van der Waals surface area contributed by atoms with Gasteiger partial charge in [-0.1, -0.05) is 28.1 Å². The van der Waals surface area contributed by atoms with Gasteiger partial charge in [0.2, 0.25) is 0 Å². The van der Waals surface area contributed by atoms with Crippen molar-refractivity contribution in [3.8, 4) is 0 Å². The van der Waals surface area contributed by atoms with Crippen molar-refractivity contribution in [2.24, 2.45) is 0 Å². The molecule has 98 valence electrons. The fraction of sp³-hybridized carbons (Fsp3) is 0.133. The molecule has 19 heavy (non-hydrogen) atoms. The topological polar surface area (TPSA) is 20.3 Å². The summed E-state index contributed by atoms with van der Waals surface area (Å²) in [5.41, 5.74) is 1.45. The zero-order valence-corrected chi connectivity index (χ0v) is 12.2. The first-order chi connectivity index (χ1) is 8.99. The van der Waals surface area contributed by atoms with E-state index in [-0.39, 0.29) is 11.3 Å². The van der Waals surface area contributed by atoms with E-state index in [1.807, 2.05) is 25.1 Å².